The number of thiazole rings is 1. The fraction of sp³-hybridized carbons (Fsp3) is 0.312. The van der Waals surface area contributed by atoms with Crippen LogP contribution < -0.4 is 15.5 Å². The van der Waals surface area contributed by atoms with Crippen molar-refractivity contribution in [1.29, 1.82) is 0 Å². The topological polar surface area (TPSA) is 74.3 Å². The van der Waals surface area contributed by atoms with Crippen LogP contribution in [0.3, 0.4) is 0 Å². The molecule has 122 valence electrons. The second-order valence-corrected chi connectivity index (χ2v) is 6.56. The summed E-state index contributed by atoms with van der Waals surface area (Å²) in [7, 11) is 1.70. The van der Waals surface area contributed by atoms with Crippen LogP contribution in [0.4, 0.5) is 16.2 Å². The van der Waals surface area contributed by atoms with Crippen LogP contribution in [0.5, 0.6) is 0 Å². The van der Waals surface area contributed by atoms with E-state index in [1.807, 2.05) is 19.2 Å². The molecule has 6 nitrogen and oxygen atoms in total. The molecule has 0 unspecified atom stereocenters. The number of carbonyl (C=O) groups is 2. The molecule has 0 atom stereocenters. The highest BCUT2D eigenvalue weighted by molar-refractivity contribution is 7.09. The van der Waals surface area contributed by atoms with E-state index >= 15 is 0 Å². The van der Waals surface area contributed by atoms with Gasteiger partial charge in [-0.05, 0) is 38.1 Å². The fourth-order valence-electron chi connectivity index (χ4n) is 1.98. The summed E-state index contributed by atoms with van der Waals surface area (Å²) < 4.78 is 0. The Kier molecular flexibility index (Phi) is 5.00. The lowest BCUT2D eigenvalue weighted by atomic mass is 10.1. The maximum absolute atomic E-state index is 12.1. The first-order chi connectivity index (χ1) is 10.8. The number of amides is 3. The van der Waals surface area contributed by atoms with E-state index in [0.717, 1.165) is 10.7 Å². The molecule has 2 rings (SSSR count). The zero-order chi connectivity index (χ0) is 17.0. The second kappa shape index (κ2) is 6.78. The first kappa shape index (κ1) is 17.0. The minimum Gasteiger partial charge on any atom is -0.326 e. The monoisotopic (exact) mass is 332 g/mol. The van der Waals surface area contributed by atoms with Crippen LogP contribution in [0.15, 0.2) is 35.8 Å². The summed E-state index contributed by atoms with van der Waals surface area (Å²) in [5.74, 6) is -0.0475. The Morgan fingerprint density at radius 2 is 1.87 bits per heavy atom. The molecular weight excluding hydrogens is 312 g/mol. The SMILES string of the molecule is CC(=O)N(C)c1ccc(NC(=O)NC(C)(C)c2nccs2)cc1. The number of aromatic nitrogens is 1. The van der Waals surface area contributed by atoms with Gasteiger partial charge in [-0.25, -0.2) is 9.78 Å². The number of hydrogen-bond donors (Lipinski definition) is 2. The maximum atomic E-state index is 12.1. The highest BCUT2D eigenvalue weighted by atomic mass is 32.1. The molecule has 1 aromatic carbocycles. The van der Waals surface area contributed by atoms with Crippen molar-refractivity contribution in [3.63, 3.8) is 0 Å². The average molecular weight is 332 g/mol. The summed E-state index contributed by atoms with van der Waals surface area (Å²) in [4.78, 5) is 29.2. The van der Waals surface area contributed by atoms with Gasteiger partial charge in [0.2, 0.25) is 5.91 Å². The minimum absolute atomic E-state index is 0.0475. The maximum Gasteiger partial charge on any atom is 0.319 e. The van der Waals surface area contributed by atoms with Crippen molar-refractivity contribution in [3.8, 4) is 0 Å². The molecule has 23 heavy (non-hydrogen) atoms. The molecule has 0 fully saturated rings. The van der Waals surface area contributed by atoms with Crippen molar-refractivity contribution in [2.24, 2.45) is 0 Å². The number of hydrogen-bond acceptors (Lipinski definition) is 4. The van der Waals surface area contributed by atoms with Gasteiger partial charge in [0.15, 0.2) is 0 Å². The summed E-state index contributed by atoms with van der Waals surface area (Å²) in [5.41, 5.74) is 0.872. The van der Waals surface area contributed by atoms with E-state index in [1.54, 1.807) is 37.5 Å². The smallest absolute Gasteiger partial charge is 0.319 e. The molecule has 1 aromatic heterocycles. The van der Waals surface area contributed by atoms with Gasteiger partial charge in [-0.3, -0.25) is 4.79 Å². The lowest BCUT2D eigenvalue weighted by molar-refractivity contribution is -0.116. The quantitative estimate of drug-likeness (QED) is 0.903. The van der Waals surface area contributed by atoms with Crippen molar-refractivity contribution in [1.82, 2.24) is 10.3 Å². The number of carbonyl (C=O) groups excluding carboxylic acids is 2. The Labute approximate surface area is 139 Å². The van der Waals surface area contributed by atoms with Crippen LogP contribution in [0.2, 0.25) is 0 Å². The molecule has 3 amide bonds. The number of rotatable bonds is 4. The Balaban J connectivity index is 1.99. The summed E-state index contributed by atoms with van der Waals surface area (Å²) in [5, 5.41) is 8.39. The molecule has 0 radical (unpaired) electrons. The van der Waals surface area contributed by atoms with Gasteiger partial charge >= 0.3 is 6.03 Å². The third kappa shape index (κ3) is 4.29. The molecule has 2 aromatic rings. The van der Waals surface area contributed by atoms with Crippen molar-refractivity contribution in [3.05, 3.63) is 40.8 Å². The van der Waals surface area contributed by atoms with Crippen molar-refractivity contribution in [2.75, 3.05) is 17.3 Å². The molecule has 0 saturated heterocycles. The number of urea groups is 1. The number of anilines is 2. The van der Waals surface area contributed by atoms with Gasteiger partial charge < -0.3 is 15.5 Å². The van der Waals surface area contributed by atoms with Crippen LogP contribution in [0, 0.1) is 0 Å². The van der Waals surface area contributed by atoms with Gasteiger partial charge in [-0.1, -0.05) is 0 Å². The largest absolute Gasteiger partial charge is 0.326 e. The third-order valence-electron chi connectivity index (χ3n) is 3.38. The first-order valence-corrected chi connectivity index (χ1v) is 8.01. The summed E-state index contributed by atoms with van der Waals surface area (Å²) in [6.45, 7) is 5.30. The first-order valence-electron chi connectivity index (χ1n) is 7.13. The fourth-order valence-corrected chi connectivity index (χ4v) is 2.70. The van der Waals surface area contributed by atoms with Crippen LogP contribution in [0.1, 0.15) is 25.8 Å². The Bertz CT molecular complexity index is 681. The molecule has 0 aliphatic carbocycles. The highest BCUT2D eigenvalue weighted by Crippen LogP contribution is 2.22. The zero-order valence-electron chi connectivity index (χ0n) is 13.6. The predicted octanol–water partition coefficient (Wildman–Crippen LogP) is 3.18. The van der Waals surface area contributed by atoms with Gasteiger partial charge in [-0.15, -0.1) is 11.3 Å². The van der Waals surface area contributed by atoms with Crippen molar-refractivity contribution in [2.45, 2.75) is 26.3 Å². The molecule has 1 heterocycles. The standard InChI is InChI=1S/C16H20N4O2S/c1-11(21)20(4)13-7-5-12(6-8-13)18-15(22)19-16(2,3)14-17-9-10-23-14/h5-10H,1-4H3,(H2,18,19,22). The number of nitrogens with one attached hydrogen (secondary N) is 2. The van der Waals surface area contributed by atoms with Gasteiger partial charge in [0.25, 0.3) is 0 Å². The second-order valence-electron chi connectivity index (χ2n) is 5.67. The van der Waals surface area contributed by atoms with E-state index in [0.29, 0.717) is 5.69 Å². The van der Waals surface area contributed by atoms with Gasteiger partial charge in [0, 0.05) is 36.9 Å². The van der Waals surface area contributed by atoms with Crippen molar-refractivity contribution < 1.29 is 9.59 Å². The highest BCUT2D eigenvalue weighted by Gasteiger charge is 2.25. The van der Waals surface area contributed by atoms with E-state index in [2.05, 4.69) is 15.6 Å². The van der Waals surface area contributed by atoms with E-state index in [4.69, 9.17) is 0 Å². The van der Waals surface area contributed by atoms with E-state index in [-0.39, 0.29) is 11.9 Å². The Morgan fingerprint density at radius 3 is 2.39 bits per heavy atom. The average Bonchev–Trinajstić information content (AvgIpc) is 3.01. The molecule has 0 bridgehead atoms. The number of benzene rings is 1. The van der Waals surface area contributed by atoms with Crippen LogP contribution in [-0.4, -0.2) is 24.0 Å². The minimum atomic E-state index is -0.549. The number of nitrogens with zero attached hydrogens (tertiary/aromatic N) is 2. The van der Waals surface area contributed by atoms with Gasteiger partial charge in [-0.2, -0.15) is 0 Å². The normalized spacial score (nSPS) is 11.0. The van der Waals surface area contributed by atoms with Crippen LogP contribution >= 0.6 is 11.3 Å². The van der Waals surface area contributed by atoms with E-state index < -0.39 is 5.54 Å². The summed E-state index contributed by atoms with van der Waals surface area (Å²) >= 11 is 1.49. The molecule has 7 heteroatoms. The summed E-state index contributed by atoms with van der Waals surface area (Å²) in [6, 6.07) is 6.76. The van der Waals surface area contributed by atoms with Crippen LogP contribution in [-0.2, 0) is 10.3 Å². The van der Waals surface area contributed by atoms with Gasteiger partial charge in [0.1, 0.15) is 5.01 Å². The lowest BCUT2D eigenvalue weighted by Gasteiger charge is -2.24. The van der Waals surface area contributed by atoms with Crippen molar-refractivity contribution >= 4 is 34.6 Å². The Morgan fingerprint density at radius 1 is 1.22 bits per heavy atom. The molecule has 0 aliphatic heterocycles. The van der Waals surface area contributed by atoms with Crippen LogP contribution in [0.25, 0.3) is 0 Å². The third-order valence-corrected chi connectivity index (χ3v) is 4.47. The predicted molar refractivity (Wildman–Crippen MR) is 92.8 cm³/mol. The molecular formula is C16H20N4O2S. The summed E-state index contributed by atoms with van der Waals surface area (Å²) in [6.07, 6.45) is 1.71. The van der Waals surface area contributed by atoms with Gasteiger partial charge in [0.05, 0.1) is 5.54 Å². The molecule has 0 aliphatic rings. The molecule has 0 saturated carbocycles. The van der Waals surface area contributed by atoms with E-state index in [9.17, 15) is 9.59 Å². The molecule has 2 N–H and O–H groups in total. The zero-order valence-corrected chi connectivity index (χ0v) is 14.4. The Hall–Kier alpha value is -2.41. The lowest BCUT2D eigenvalue weighted by Crippen LogP contribution is -2.43. The molecule has 0 spiro atoms. The van der Waals surface area contributed by atoms with E-state index in [1.165, 1.54) is 23.2 Å².